The molecular weight excluding hydrogens is 276 g/mol. The van der Waals surface area contributed by atoms with E-state index in [2.05, 4.69) is 91.0 Å². The molecule has 0 amide bonds. The molecule has 4 aromatic rings. The van der Waals surface area contributed by atoms with E-state index in [4.69, 9.17) is 0 Å². The summed E-state index contributed by atoms with van der Waals surface area (Å²) in [4.78, 5) is 0. The lowest BCUT2D eigenvalue weighted by molar-refractivity contribution is 1.05. The molecule has 0 heterocycles. The summed E-state index contributed by atoms with van der Waals surface area (Å²) in [5, 5.41) is 5.38. The second-order valence-corrected chi connectivity index (χ2v) is 6.20. The average Bonchev–Trinajstić information content (AvgIpc) is 2.62. The van der Waals surface area contributed by atoms with Crippen molar-refractivity contribution in [2.45, 2.75) is 5.92 Å². The van der Waals surface area contributed by atoms with Gasteiger partial charge < -0.3 is 0 Å². The number of fused-ring (bicyclic) bond motifs is 1. The van der Waals surface area contributed by atoms with Gasteiger partial charge in [-0.05, 0) is 38.2 Å². The highest BCUT2D eigenvalue weighted by molar-refractivity contribution is 5.97. The molecule has 1 aliphatic rings. The van der Waals surface area contributed by atoms with E-state index in [1.165, 1.54) is 38.2 Å². The van der Waals surface area contributed by atoms with Crippen LogP contribution in [0.1, 0.15) is 22.6 Å². The van der Waals surface area contributed by atoms with Crippen molar-refractivity contribution < 1.29 is 0 Å². The third-order valence-corrected chi connectivity index (χ3v) is 4.93. The van der Waals surface area contributed by atoms with Gasteiger partial charge in [-0.15, -0.1) is 0 Å². The Bertz CT molecular complexity index is 1060. The molecule has 1 aliphatic carbocycles. The molecule has 1 atom stereocenters. The van der Waals surface area contributed by atoms with Crippen molar-refractivity contribution in [3.8, 4) is 0 Å². The zero-order valence-electron chi connectivity index (χ0n) is 12.7. The van der Waals surface area contributed by atoms with Gasteiger partial charge in [0.25, 0.3) is 0 Å². The molecule has 0 radical (unpaired) electrons. The Balaban J connectivity index is 1.83. The van der Waals surface area contributed by atoms with Gasteiger partial charge in [0.2, 0.25) is 0 Å². The highest BCUT2D eigenvalue weighted by Gasteiger charge is 2.20. The standard InChI is InChI=1S/C23H16/c1-2-11-19-16(6-1)7-4-12-20(19)21-15-14-18-9-3-8-17-10-5-13-22(21)23(17)18/h1-15,21H. The quantitative estimate of drug-likeness (QED) is 0.394. The molecule has 4 aromatic carbocycles. The summed E-state index contributed by atoms with van der Waals surface area (Å²) in [5.74, 6) is 0.319. The lowest BCUT2D eigenvalue weighted by Crippen LogP contribution is -2.03. The summed E-state index contributed by atoms with van der Waals surface area (Å²) >= 11 is 0. The van der Waals surface area contributed by atoms with E-state index in [1.54, 1.807) is 0 Å². The van der Waals surface area contributed by atoms with Crippen LogP contribution in [-0.4, -0.2) is 0 Å². The Morgan fingerprint density at radius 1 is 0.565 bits per heavy atom. The molecule has 0 saturated heterocycles. The van der Waals surface area contributed by atoms with Crippen LogP contribution in [0.5, 0.6) is 0 Å². The van der Waals surface area contributed by atoms with E-state index in [9.17, 15) is 0 Å². The summed E-state index contributed by atoms with van der Waals surface area (Å²) < 4.78 is 0. The second-order valence-electron chi connectivity index (χ2n) is 6.20. The molecule has 1 unspecified atom stereocenters. The Morgan fingerprint density at radius 3 is 2.17 bits per heavy atom. The summed E-state index contributed by atoms with van der Waals surface area (Å²) in [6, 6.07) is 28.5. The molecule has 0 bridgehead atoms. The van der Waals surface area contributed by atoms with Gasteiger partial charge in [0.05, 0.1) is 0 Å². The smallest absolute Gasteiger partial charge is 0.0285 e. The zero-order valence-corrected chi connectivity index (χ0v) is 12.7. The van der Waals surface area contributed by atoms with Crippen LogP contribution in [0.3, 0.4) is 0 Å². The summed E-state index contributed by atoms with van der Waals surface area (Å²) in [6.45, 7) is 0. The highest BCUT2D eigenvalue weighted by Crippen LogP contribution is 2.40. The fraction of sp³-hybridized carbons (Fsp3) is 0.0435. The van der Waals surface area contributed by atoms with Gasteiger partial charge in [0.15, 0.2) is 0 Å². The number of benzene rings is 4. The molecule has 5 rings (SSSR count). The molecule has 0 aliphatic heterocycles. The second kappa shape index (κ2) is 4.82. The van der Waals surface area contributed by atoms with E-state index in [1.807, 2.05) is 0 Å². The molecule has 0 spiro atoms. The van der Waals surface area contributed by atoms with E-state index in [0.717, 1.165) is 0 Å². The van der Waals surface area contributed by atoms with E-state index in [-0.39, 0.29) is 0 Å². The molecule has 0 aromatic heterocycles. The molecule has 23 heavy (non-hydrogen) atoms. The van der Waals surface area contributed by atoms with Crippen molar-refractivity contribution in [2.24, 2.45) is 0 Å². The van der Waals surface area contributed by atoms with Gasteiger partial charge in [-0.1, -0.05) is 91.0 Å². The van der Waals surface area contributed by atoms with Gasteiger partial charge in [-0.2, -0.15) is 0 Å². The molecule has 0 N–H and O–H groups in total. The van der Waals surface area contributed by atoms with Crippen LogP contribution in [0.2, 0.25) is 0 Å². The SMILES string of the molecule is C1=CC(c2cccc3ccccc23)c2cccc3cccc1c23. The van der Waals surface area contributed by atoms with Gasteiger partial charge in [0, 0.05) is 5.92 Å². The fourth-order valence-corrected chi connectivity index (χ4v) is 3.89. The van der Waals surface area contributed by atoms with Crippen LogP contribution < -0.4 is 0 Å². The first-order valence-electron chi connectivity index (χ1n) is 8.09. The van der Waals surface area contributed by atoms with E-state index < -0.39 is 0 Å². The van der Waals surface area contributed by atoms with Crippen molar-refractivity contribution in [2.75, 3.05) is 0 Å². The average molecular weight is 292 g/mol. The van der Waals surface area contributed by atoms with Crippen LogP contribution >= 0.6 is 0 Å². The third-order valence-electron chi connectivity index (χ3n) is 4.93. The first kappa shape index (κ1) is 12.7. The maximum Gasteiger partial charge on any atom is 0.0285 e. The van der Waals surface area contributed by atoms with Gasteiger partial charge in [-0.3, -0.25) is 0 Å². The fourth-order valence-electron chi connectivity index (χ4n) is 3.89. The minimum atomic E-state index is 0.319. The number of hydrogen-bond acceptors (Lipinski definition) is 0. The van der Waals surface area contributed by atoms with Crippen LogP contribution in [0.25, 0.3) is 27.6 Å². The molecule has 0 saturated carbocycles. The Labute approximate surface area is 135 Å². The topological polar surface area (TPSA) is 0 Å². The van der Waals surface area contributed by atoms with Gasteiger partial charge >= 0.3 is 0 Å². The predicted molar refractivity (Wildman–Crippen MR) is 98.8 cm³/mol. The third kappa shape index (κ3) is 1.85. The van der Waals surface area contributed by atoms with E-state index in [0.29, 0.717) is 5.92 Å². The number of rotatable bonds is 1. The van der Waals surface area contributed by atoms with Gasteiger partial charge in [0.1, 0.15) is 0 Å². The molecule has 0 fully saturated rings. The summed E-state index contributed by atoms with van der Waals surface area (Å²) in [6.07, 6.45) is 4.63. The maximum atomic E-state index is 2.35. The first-order chi connectivity index (χ1) is 11.4. The lowest BCUT2D eigenvalue weighted by Gasteiger charge is -2.23. The van der Waals surface area contributed by atoms with Crippen molar-refractivity contribution in [1.82, 2.24) is 0 Å². The Hall–Kier alpha value is -2.86. The maximum absolute atomic E-state index is 2.35. The van der Waals surface area contributed by atoms with Crippen LogP contribution in [0, 0.1) is 0 Å². The van der Waals surface area contributed by atoms with Crippen molar-refractivity contribution in [1.29, 1.82) is 0 Å². The lowest BCUT2D eigenvalue weighted by atomic mass is 9.81. The molecule has 0 nitrogen and oxygen atoms in total. The Morgan fingerprint density at radius 2 is 1.26 bits per heavy atom. The largest absolute Gasteiger partial charge is 0.0720 e. The van der Waals surface area contributed by atoms with Crippen LogP contribution in [0.15, 0.2) is 84.9 Å². The van der Waals surface area contributed by atoms with Crippen LogP contribution in [0.4, 0.5) is 0 Å². The van der Waals surface area contributed by atoms with Crippen molar-refractivity contribution in [3.63, 3.8) is 0 Å². The predicted octanol–water partition coefficient (Wildman–Crippen LogP) is 6.15. The van der Waals surface area contributed by atoms with Gasteiger partial charge in [-0.25, -0.2) is 0 Å². The van der Waals surface area contributed by atoms with Crippen molar-refractivity contribution >= 4 is 27.6 Å². The number of allylic oxidation sites excluding steroid dienone is 1. The summed E-state index contributed by atoms with van der Waals surface area (Å²) in [7, 11) is 0. The van der Waals surface area contributed by atoms with Crippen LogP contribution in [-0.2, 0) is 0 Å². The summed E-state index contributed by atoms with van der Waals surface area (Å²) in [5.41, 5.74) is 4.13. The van der Waals surface area contributed by atoms with Crippen molar-refractivity contribution in [3.05, 3.63) is 102 Å². The molecule has 0 heteroatoms. The Kier molecular flexibility index (Phi) is 2.65. The monoisotopic (exact) mass is 292 g/mol. The minimum absolute atomic E-state index is 0.319. The molecular formula is C23H16. The zero-order chi connectivity index (χ0) is 15.2. The van der Waals surface area contributed by atoms with E-state index >= 15 is 0 Å². The minimum Gasteiger partial charge on any atom is -0.0720 e. The number of hydrogen-bond donors (Lipinski definition) is 0. The first-order valence-corrected chi connectivity index (χ1v) is 8.09. The molecule has 108 valence electrons. The normalized spacial score (nSPS) is 16.1. The highest BCUT2D eigenvalue weighted by atomic mass is 14.2.